The van der Waals surface area contributed by atoms with Gasteiger partial charge in [-0.2, -0.15) is 0 Å². The number of phenolic OH excluding ortho intramolecular Hbond substituents is 2. The van der Waals surface area contributed by atoms with Crippen molar-refractivity contribution < 1.29 is 43.9 Å². The molecule has 3 fully saturated rings. The summed E-state index contributed by atoms with van der Waals surface area (Å²) < 4.78 is 18.8. The maximum absolute atomic E-state index is 13.5. The molecular formula is C30H31NO9. The van der Waals surface area contributed by atoms with Crippen molar-refractivity contribution in [2.75, 3.05) is 6.54 Å². The number of carbonyl (C=O) groups is 3. The summed E-state index contributed by atoms with van der Waals surface area (Å²) in [5.41, 5.74) is -2.23. The fourth-order valence-corrected chi connectivity index (χ4v) is 7.35. The Morgan fingerprint density at radius 1 is 1.07 bits per heavy atom. The fourth-order valence-electron chi connectivity index (χ4n) is 7.35. The van der Waals surface area contributed by atoms with Crippen LogP contribution >= 0.6 is 0 Å². The first-order valence-electron chi connectivity index (χ1n) is 13.8. The molecular weight excluding hydrogens is 518 g/mol. The van der Waals surface area contributed by atoms with E-state index >= 15 is 0 Å². The first-order chi connectivity index (χ1) is 19.1. The average Bonchev–Trinajstić information content (AvgIpc) is 3.52. The van der Waals surface area contributed by atoms with Gasteiger partial charge in [-0.1, -0.05) is 24.3 Å². The molecule has 210 valence electrons. The lowest BCUT2D eigenvalue weighted by Crippen LogP contribution is -2.51. The zero-order valence-electron chi connectivity index (χ0n) is 22.3. The van der Waals surface area contributed by atoms with Crippen molar-refractivity contribution in [2.45, 2.75) is 88.4 Å². The van der Waals surface area contributed by atoms with Crippen LogP contribution in [-0.4, -0.2) is 80.5 Å². The average molecular weight is 550 g/mol. The minimum atomic E-state index is -1.92. The highest BCUT2D eigenvalue weighted by Crippen LogP contribution is 2.52. The number of rotatable bonds is 3. The summed E-state index contributed by atoms with van der Waals surface area (Å²) in [7, 11) is 0. The number of ether oxygens (including phenoxy) is 3. The van der Waals surface area contributed by atoms with E-state index < -0.39 is 46.8 Å². The van der Waals surface area contributed by atoms with E-state index in [1.807, 2.05) is 6.92 Å². The molecule has 5 aliphatic rings. The fraction of sp³-hybridized carbons (Fsp3) is 0.500. The number of nitrogens with zero attached hydrogens (tertiary/aromatic N) is 1. The van der Waals surface area contributed by atoms with Crippen molar-refractivity contribution in [3.63, 3.8) is 0 Å². The summed E-state index contributed by atoms with van der Waals surface area (Å²) in [6, 6.07) is 6.28. The summed E-state index contributed by atoms with van der Waals surface area (Å²) in [6.07, 6.45) is -0.285. The van der Waals surface area contributed by atoms with E-state index in [1.165, 1.54) is 19.1 Å². The van der Waals surface area contributed by atoms with Crippen molar-refractivity contribution in [3.05, 3.63) is 57.6 Å². The third-order valence-electron chi connectivity index (χ3n) is 9.37. The molecule has 2 aromatic carbocycles. The molecule has 0 radical (unpaired) electrons. The maximum Gasteiger partial charge on any atom is 0.198 e. The largest absolute Gasteiger partial charge is 0.507 e. The lowest BCUT2D eigenvalue weighted by atomic mass is 9.72. The van der Waals surface area contributed by atoms with Gasteiger partial charge in [0.25, 0.3) is 0 Å². The van der Waals surface area contributed by atoms with Gasteiger partial charge in [-0.25, -0.2) is 0 Å². The number of benzene rings is 2. The van der Waals surface area contributed by atoms with E-state index in [0.717, 1.165) is 19.4 Å². The predicted molar refractivity (Wildman–Crippen MR) is 138 cm³/mol. The van der Waals surface area contributed by atoms with Gasteiger partial charge < -0.3 is 29.5 Å². The van der Waals surface area contributed by atoms with Crippen LogP contribution in [0.4, 0.5) is 0 Å². The molecule has 3 saturated heterocycles. The van der Waals surface area contributed by atoms with Gasteiger partial charge in [-0.15, -0.1) is 0 Å². The second kappa shape index (κ2) is 8.92. The van der Waals surface area contributed by atoms with Crippen LogP contribution in [0.3, 0.4) is 0 Å². The Morgan fingerprint density at radius 2 is 1.75 bits per heavy atom. The van der Waals surface area contributed by atoms with Crippen LogP contribution in [0.2, 0.25) is 0 Å². The van der Waals surface area contributed by atoms with Crippen LogP contribution in [0, 0.1) is 0 Å². The van der Waals surface area contributed by atoms with Crippen molar-refractivity contribution in [2.24, 2.45) is 0 Å². The minimum Gasteiger partial charge on any atom is -0.507 e. The molecule has 7 atom stereocenters. The molecule has 3 heterocycles. The van der Waals surface area contributed by atoms with Gasteiger partial charge in [-0.3, -0.25) is 19.3 Å². The molecule has 0 saturated carbocycles. The monoisotopic (exact) mass is 549 g/mol. The van der Waals surface area contributed by atoms with E-state index in [4.69, 9.17) is 14.2 Å². The molecule has 7 rings (SSSR count). The topological polar surface area (TPSA) is 143 Å². The van der Waals surface area contributed by atoms with Crippen LogP contribution < -0.4 is 0 Å². The Bertz CT molecular complexity index is 1470. The van der Waals surface area contributed by atoms with Gasteiger partial charge in [0.2, 0.25) is 0 Å². The van der Waals surface area contributed by atoms with Gasteiger partial charge in [0.05, 0.1) is 23.3 Å². The number of carbonyl (C=O) groups excluding carboxylic acids is 3. The van der Waals surface area contributed by atoms with E-state index in [-0.39, 0.29) is 70.7 Å². The van der Waals surface area contributed by atoms with E-state index in [0.29, 0.717) is 6.42 Å². The Hall–Kier alpha value is -3.15. The maximum atomic E-state index is 13.5. The Balaban J connectivity index is 1.31. The second-order valence-corrected chi connectivity index (χ2v) is 11.6. The number of ketones is 3. The van der Waals surface area contributed by atoms with Gasteiger partial charge >= 0.3 is 0 Å². The summed E-state index contributed by atoms with van der Waals surface area (Å²) >= 11 is 0. The molecule has 0 aromatic heterocycles. The zero-order valence-corrected chi connectivity index (χ0v) is 22.3. The number of aliphatic hydroxyl groups is 1. The lowest BCUT2D eigenvalue weighted by molar-refractivity contribution is -0.247. The van der Waals surface area contributed by atoms with Crippen LogP contribution in [-0.2, 0) is 25.4 Å². The first kappa shape index (κ1) is 25.8. The third kappa shape index (κ3) is 3.56. The van der Waals surface area contributed by atoms with Crippen LogP contribution in [0.25, 0.3) is 0 Å². The summed E-state index contributed by atoms with van der Waals surface area (Å²) in [5.74, 6) is -2.78. The standard InChI is InChI=1S/C30H31NO9/c1-13-29-18(31-9-5-8-20(31)40-29)10-21(38-13)39-19-12-30(37,14(2)32)11-17-22(19)28(36)24-23(27(17)35)25(33)15-6-3-4-7-16(15)26(24)34/h3-4,6-7,13,18-21,29,35-37H,5,8-12H2,1-2H3/t13?,18?,19-,20?,21?,29?,30-/m0/s1. The molecule has 3 N–H and O–H groups in total. The highest BCUT2D eigenvalue weighted by molar-refractivity contribution is 6.30. The highest BCUT2D eigenvalue weighted by atomic mass is 16.7. The normalized spacial score (nSPS) is 34.6. The molecule has 0 spiro atoms. The number of Topliss-reactive ketones (excluding diaryl/α,β-unsaturated/α-hetero) is 1. The molecule has 40 heavy (non-hydrogen) atoms. The van der Waals surface area contributed by atoms with Crippen LogP contribution in [0.5, 0.6) is 11.5 Å². The van der Waals surface area contributed by atoms with Crippen LogP contribution in [0.15, 0.2) is 24.3 Å². The molecule has 10 nitrogen and oxygen atoms in total. The molecule has 5 unspecified atom stereocenters. The molecule has 10 heteroatoms. The summed E-state index contributed by atoms with van der Waals surface area (Å²) in [4.78, 5) is 41.9. The molecule has 3 aliphatic heterocycles. The van der Waals surface area contributed by atoms with Gasteiger partial charge in [0.1, 0.15) is 29.4 Å². The Labute approximate surface area is 230 Å². The van der Waals surface area contributed by atoms with Gasteiger partial charge in [0, 0.05) is 54.1 Å². The Morgan fingerprint density at radius 3 is 2.42 bits per heavy atom. The molecule has 0 bridgehead atoms. The van der Waals surface area contributed by atoms with E-state index in [2.05, 4.69) is 4.90 Å². The molecule has 2 aromatic rings. The van der Waals surface area contributed by atoms with Gasteiger partial charge in [0.15, 0.2) is 23.6 Å². The minimum absolute atomic E-state index is 0.0104. The number of hydrogen-bond donors (Lipinski definition) is 3. The number of fused-ring (bicyclic) bond motifs is 6. The van der Waals surface area contributed by atoms with E-state index in [9.17, 15) is 29.7 Å². The van der Waals surface area contributed by atoms with Crippen molar-refractivity contribution >= 4 is 17.3 Å². The van der Waals surface area contributed by atoms with Crippen molar-refractivity contribution in [1.82, 2.24) is 4.90 Å². The van der Waals surface area contributed by atoms with Crippen LogP contribution in [0.1, 0.15) is 88.6 Å². The zero-order chi connectivity index (χ0) is 28.1. The number of hydrogen-bond acceptors (Lipinski definition) is 10. The smallest absolute Gasteiger partial charge is 0.198 e. The van der Waals surface area contributed by atoms with Crippen molar-refractivity contribution in [3.8, 4) is 11.5 Å². The molecule has 0 amide bonds. The second-order valence-electron chi connectivity index (χ2n) is 11.6. The first-order valence-corrected chi connectivity index (χ1v) is 13.8. The number of aromatic hydroxyl groups is 2. The van der Waals surface area contributed by atoms with Crippen molar-refractivity contribution in [1.29, 1.82) is 0 Å². The highest BCUT2D eigenvalue weighted by Gasteiger charge is 2.53. The van der Waals surface area contributed by atoms with Gasteiger partial charge in [-0.05, 0) is 26.7 Å². The predicted octanol–water partition coefficient (Wildman–Crippen LogP) is 2.52. The summed E-state index contributed by atoms with van der Waals surface area (Å²) in [6.45, 7) is 4.08. The Kier molecular flexibility index (Phi) is 5.75. The summed E-state index contributed by atoms with van der Waals surface area (Å²) in [5, 5.41) is 34.3. The quantitative estimate of drug-likeness (QED) is 0.417. The number of phenols is 2. The SMILES string of the molecule is CC(=O)[C@]1(O)Cc2c(O)c3c(c(O)c2[C@@H](OC2CC4C(OC5CCCN54)C(C)O2)C1)C(=O)c1ccccc1C3=O. The lowest BCUT2D eigenvalue weighted by Gasteiger charge is -2.42. The van der Waals surface area contributed by atoms with E-state index in [1.54, 1.807) is 12.1 Å². The molecule has 2 aliphatic carbocycles. The third-order valence-corrected chi connectivity index (χ3v) is 9.37.